The van der Waals surface area contributed by atoms with Gasteiger partial charge >= 0.3 is 5.97 Å². The summed E-state index contributed by atoms with van der Waals surface area (Å²) in [7, 11) is -3.74. The number of aromatic nitrogens is 1. The number of hydrogen-bond donors (Lipinski definition) is 3. The van der Waals surface area contributed by atoms with Crippen LogP contribution in [0.5, 0.6) is 0 Å². The van der Waals surface area contributed by atoms with Gasteiger partial charge in [0.15, 0.2) is 0 Å². The van der Waals surface area contributed by atoms with Gasteiger partial charge in [-0.15, -0.1) is 0 Å². The van der Waals surface area contributed by atoms with E-state index in [-0.39, 0.29) is 23.2 Å². The number of aliphatic hydroxyl groups excluding tert-OH is 1. The molecule has 1 unspecified atom stereocenters. The molecule has 0 spiro atoms. The van der Waals surface area contributed by atoms with Gasteiger partial charge in [-0.2, -0.15) is 0 Å². The van der Waals surface area contributed by atoms with Gasteiger partial charge in [-0.1, -0.05) is 0 Å². The summed E-state index contributed by atoms with van der Waals surface area (Å²) in [4.78, 5) is 11.1. The SMILES string of the molecule is CC(O)CCNS(=O)(=O)c1cc(C(=O)O)n(C2CC2)c1. The lowest BCUT2D eigenvalue weighted by Crippen LogP contribution is -2.26. The van der Waals surface area contributed by atoms with E-state index in [0.29, 0.717) is 6.42 Å². The number of carboxylic acids is 1. The second kappa shape index (κ2) is 5.55. The average Bonchev–Trinajstić information content (AvgIpc) is 3.06. The normalized spacial score (nSPS) is 17.1. The van der Waals surface area contributed by atoms with Crippen LogP contribution in [-0.4, -0.2) is 41.8 Å². The lowest BCUT2D eigenvalue weighted by atomic mass is 10.3. The van der Waals surface area contributed by atoms with Crippen molar-refractivity contribution in [3.05, 3.63) is 18.0 Å². The molecule has 7 nitrogen and oxygen atoms in total. The van der Waals surface area contributed by atoms with E-state index >= 15 is 0 Å². The third-order valence-electron chi connectivity index (χ3n) is 3.15. The smallest absolute Gasteiger partial charge is 0.352 e. The molecule has 0 bridgehead atoms. The fraction of sp³-hybridized carbons (Fsp3) is 0.583. The Hall–Kier alpha value is -1.38. The van der Waals surface area contributed by atoms with Gasteiger partial charge in [0.05, 0.1) is 6.10 Å². The fourth-order valence-electron chi connectivity index (χ4n) is 1.91. The molecule has 1 saturated carbocycles. The van der Waals surface area contributed by atoms with Crippen LogP contribution in [0.3, 0.4) is 0 Å². The Labute approximate surface area is 117 Å². The molecule has 3 N–H and O–H groups in total. The van der Waals surface area contributed by atoms with Gasteiger partial charge in [-0.25, -0.2) is 17.9 Å². The first-order valence-electron chi connectivity index (χ1n) is 6.44. The van der Waals surface area contributed by atoms with Crippen LogP contribution in [0.25, 0.3) is 0 Å². The van der Waals surface area contributed by atoms with Crippen molar-refractivity contribution in [3.63, 3.8) is 0 Å². The summed E-state index contributed by atoms with van der Waals surface area (Å²) in [6.07, 6.45) is 2.80. The second-order valence-corrected chi connectivity index (χ2v) is 6.81. The number of carbonyl (C=O) groups is 1. The van der Waals surface area contributed by atoms with E-state index in [0.717, 1.165) is 12.8 Å². The molecule has 2 rings (SSSR count). The van der Waals surface area contributed by atoms with E-state index in [1.54, 1.807) is 6.92 Å². The molecule has 0 aromatic carbocycles. The van der Waals surface area contributed by atoms with Gasteiger partial charge < -0.3 is 14.8 Å². The summed E-state index contributed by atoms with van der Waals surface area (Å²) in [5.74, 6) is -1.14. The molecule has 1 fully saturated rings. The summed E-state index contributed by atoms with van der Waals surface area (Å²) in [5, 5.41) is 18.2. The minimum atomic E-state index is -3.74. The van der Waals surface area contributed by atoms with Gasteiger partial charge in [-0.3, -0.25) is 0 Å². The van der Waals surface area contributed by atoms with Crippen molar-refractivity contribution in [3.8, 4) is 0 Å². The molecule has 0 amide bonds. The quantitative estimate of drug-likeness (QED) is 0.682. The van der Waals surface area contributed by atoms with E-state index in [9.17, 15) is 13.2 Å². The first-order chi connectivity index (χ1) is 9.31. The third kappa shape index (κ3) is 3.38. The highest BCUT2D eigenvalue weighted by Crippen LogP contribution is 2.37. The molecule has 0 aliphatic heterocycles. The van der Waals surface area contributed by atoms with E-state index in [4.69, 9.17) is 10.2 Å². The molecule has 1 aliphatic rings. The molecule has 8 heteroatoms. The number of aromatic carboxylic acids is 1. The predicted octanol–water partition coefficient (Wildman–Crippen LogP) is 0.570. The van der Waals surface area contributed by atoms with Crippen LogP contribution < -0.4 is 4.72 Å². The second-order valence-electron chi connectivity index (χ2n) is 5.04. The molecule has 0 saturated heterocycles. The highest BCUT2D eigenvalue weighted by atomic mass is 32.2. The van der Waals surface area contributed by atoms with E-state index in [1.807, 2.05) is 0 Å². The molecule has 1 aromatic heterocycles. The number of rotatable bonds is 7. The van der Waals surface area contributed by atoms with Crippen LogP contribution in [0.2, 0.25) is 0 Å². The fourth-order valence-corrected chi connectivity index (χ4v) is 2.98. The molecule has 0 radical (unpaired) electrons. The first kappa shape index (κ1) is 15.0. The van der Waals surface area contributed by atoms with Gasteiger partial charge in [-0.05, 0) is 32.3 Å². The van der Waals surface area contributed by atoms with Crippen LogP contribution in [-0.2, 0) is 10.0 Å². The molecular formula is C12H18N2O5S. The highest BCUT2D eigenvalue weighted by molar-refractivity contribution is 7.89. The summed E-state index contributed by atoms with van der Waals surface area (Å²) in [6, 6.07) is 1.26. The summed E-state index contributed by atoms with van der Waals surface area (Å²) in [5.41, 5.74) is -0.0107. The molecule has 112 valence electrons. The van der Waals surface area contributed by atoms with Crippen molar-refractivity contribution in [2.24, 2.45) is 0 Å². The molecule has 1 aliphatic carbocycles. The number of hydrogen-bond acceptors (Lipinski definition) is 4. The minimum absolute atomic E-state index is 0.0107. The van der Waals surface area contributed by atoms with E-state index < -0.39 is 22.1 Å². The predicted molar refractivity (Wildman–Crippen MR) is 71.1 cm³/mol. The van der Waals surface area contributed by atoms with Crippen LogP contribution >= 0.6 is 0 Å². The number of sulfonamides is 1. The largest absolute Gasteiger partial charge is 0.477 e. The molecular weight excluding hydrogens is 284 g/mol. The van der Waals surface area contributed by atoms with Crippen molar-refractivity contribution < 1.29 is 23.4 Å². The standard InChI is InChI=1S/C12H18N2O5S/c1-8(15)4-5-13-20(18,19)10-6-11(12(16)17)14(7-10)9-2-3-9/h6-9,13,15H,2-5H2,1H3,(H,16,17). The zero-order valence-corrected chi connectivity index (χ0v) is 11.9. The Morgan fingerprint density at radius 1 is 1.55 bits per heavy atom. The van der Waals surface area contributed by atoms with Crippen LogP contribution in [0, 0.1) is 0 Å². The van der Waals surface area contributed by atoms with Crippen LogP contribution in [0.4, 0.5) is 0 Å². The highest BCUT2D eigenvalue weighted by Gasteiger charge is 2.30. The van der Waals surface area contributed by atoms with E-state index in [2.05, 4.69) is 4.72 Å². The summed E-state index contributed by atoms with van der Waals surface area (Å²) >= 11 is 0. The average molecular weight is 302 g/mol. The van der Waals surface area contributed by atoms with Gasteiger partial charge in [0.25, 0.3) is 0 Å². The van der Waals surface area contributed by atoms with Crippen molar-refractivity contribution in [2.45, 2.75) is 43.2 Å². The van der Waals surface area contributed by atoms with Gasteiger partial charge in [0.2, 0.25) is 10.0 Å². The lowest BCUT2D eigenvalue weighted by Gasteiger charge is -2.06. The summed E-state index contributed by atoms with van der Waals surface area (Å²) in [6.45, 7) is 1.68. The Morgan fingerprint density at radius 2 is 2.20 bits per heavy atom. The maximum Gasteiger partial charge on any atom is 0.352 e. The van der Waals surface area contributed by atoms with Gasteiger partial charge in [0, 0.05) is 18.8 Å². The van der Waals surface area contributed by atoms with Crippen molar-refractivity contribution >= 4 is 16.0 Å². The maximum absolute atomic E-state index is 12.0. The third-order valence-corrected chi connectivity index (χ3v) is 4.58. The Bertz CT molecular complexity index is 601. The van der Waals surface area contributed by atoms with E-state index in [1.165, 1.54) is 16.8 Å². The monoisotopic (exact) mass is 302 g/mol. The number of nitrogens with zero attached hydrogens (tertiary/aromatic N) is 1. The Kier molecular flexibility index (Phi) is 4.17. The van der Waals surface area contributed by atoms with Crippen molar-refractivity contribution in [1.29, 1.82) is 0 Å². The topological polar surface area (TPSA) is 109 Å². The maximum atomic E-state index is 12.0. The number of nitrogens with one attached hydrogen (secondary N) is 1. The van der Waals surface area contributed by atoms with Crippen LogP contribution in [0.1, 0.15) is 42.7 Å². The number of aliphatic hydroxyl groups is 1. The molecule has 1 aromatic rings. The van der Waals surface area contributed by atoms with Crippen molar-refractivity contribution in [1.82, 2.24) is 9.29 Å². The zero-order chi connectivity index (χ0) is 14.9. The summed E-state index contributed by atoms with van der Waals surface area (Å²) < 4.78 is 27.9. The van der Waals surface area contributed by atoms with Gasteiger partial charge in [0.1, 0.15) is 10.6 Å². The Balaban J connectivity index is 2.19. The molecule has 1 heterocycles. The lowest BCUT2D eigenvalue weighted by molar-refractivity contribution is 0.0685. The minimum Gasteiger partial charge on any atom is -0.477 e. The van der Waals surface area contributed by atoms with Crippen LogP contribution in [0.15, 0.2) is 17.2 Å². The zero-order valence-electron chi connectivity index (χ0n) is 11.1. The first-order valence-corrected chi connectivity index (χ1v) is 7.92. The number of carboxylic acid groups (broad SMARTS) is 1. The van der Waals surface area contributed by atoms with Crippen molar-refractivity contribution in [2.75, 3.05) is 6.54 Å². The molecule has 20 heavy (non-hydrogen) atoms. The molecule has 1 atom stereocenters. The Morgan fingerprint density at radius 3 is 2.70 bits per heavy atom.